The van der Waals surface area contributed by atoms with E-state index >= 15 is 0 Å². The predicted molar refractivity (Wildman–Crippen MR) is 68.5 cm³/mol. The fourth-order valence-electron chi connectivity index (χ4n) is 1.99. The summed E-state index contributed by atoms with van der Waals surface area (Å²) in [5, 5.41) is 11.8. The number of rotatable bonds is 5. The summed E-state index contributed by atoms with van der Waals surface area (Å²) in [6.45, 7) is 5.38. The third kappa shape index (κ3) is 4.52. The molecule has 0 saturated carbocycles. The van der Waals surface area contributed by atoms with Crippen LogP contribution in [0.1, 0.15) is 19.8 Å². The van der Waals surface area contributed by atoms with Crippen LogP contribution in [0.2, 0.25) is 0 Å². The number of amides is 2. The van der Waals surface area contributed by atoms with Crippen LogP contribution in [-0.4, -0.2) is 66.7 Å². The first-order valence-electron chi connectivity index (χ1n) is 6.48. The van der Waals surface area contributed by atoms with Crippen molar-refractivity contribution in [1.82, 2.24) is 15.1 Å². The zero-order valence-electron chi connectivity index (χ0n) is 11.2. The highest BCUT2D eigenvalue weighted by molar-refractivity contribution is 5.76. The molecule has 6 heteroatoms. The maximum Gasteiger partial charge on any atom is 0.317 e. The number of carbonyl (C=O) groups excluding carboxylic acids is 1. The molecule has 1 heterocycles. The van der Waals surface area contributed by atoms with Gasteiger partial charge in [-0.15, -0.1) is 0 Å². The molecular formula is C12H23N3O3. The molecule has 0 aromatic carbocycles. The first kappa shape index (κ1) is 14.8. The highest BCUT2D eigenvalue weighted by Crippen LogP contribution is 2.16. The summed E-state index contributed by atoms with van der Waals surface area (Å²) in [6.07, 6.45) is 1.43. The fraction of sp³-hybridized carbons (Fsp3) is 0.833. The van der Waals surface area contributed by atoms with E-state index in [2.05, 4.69) is 17.1 Å². The molecule has 0 spiro atoms. The normalized spacial score (nSPS) is 19.9. The molecule has 1 saturated heterocycles. The number of piperidine rings is 1. The summed E-state index contributed by atoms with van der Waals surface area (Å²) < 4.78 is 0. The molecule has 0 bridgehead atoms. The zero-order valence-corrected chi connectivity index (χ0v) is 11.2. The summed E-state index contributed by atoms with van der Waals surface area (Å²) in [5.41, 5.74) is 0. The Kier molecular flexibility index (Phi) is 5.91. The van der Waals surface area contributed by atoms with Crippen LogP contribution in [0.25, 0.3) is 0 Å². The molecule has 1 fully saturated rings. The van der Waals surface area contributed by atoms with Crippen molar-refractivity contribution < 1.29 is 14.7 Å². The number of carboxylic acid groups (broad SMARTS) is 1. The number of aliphatic carboxylic acids is 1. The molecule has 1 aliphatic rings. The van der Waals surface area contributed by atoms with E-state index in [9.17, 15) is 9.59 Å². The van der Waals surface area contributed by atoms with Crippen LogP contribution in [-0.2, 0) is 4.79 Å². The zero-order chi connectivity index (χ0) is 13.5. The Hall–Kier alpha value is -1.30. The summed E-state index contributed by atoms with van der Waals surface area (Å²) >= 11 is 0. The van der Waals surface area contributed by atoms with Gasteiger partial charge in [0.05, 0.1) is 5.92 Å². The maximum absolute atomic E-state index is 11.8. The summed E-state index contributed by atoms with van der Waals surface area (Å²) in [5.74, 6) is -1.22. The average Bonchev–Trinajstić information content (AvgIpc) is 2.38. The second kappa shape index (κ2) is 7.20. The molecule has 0 aromatic heterocycles. The van der Waals surface area contributed by atoms with Crippen LogP contribution in [0, 0.1) is 5.92 Å². The fourth-order valence-corrected chi connectivity index (χ4v) is 1.99. The molecule has 18 heavy (non-hydrogen) atoms. The molecule has 0 aromatic rings. The van der Waals surface area contributed by atoms with Gasteiger partial charge in [-0.25, -0.2) is 4.79 Å². The minimum absolute atomic E-state index is 0.148. The number of carboxylic acids is 1. The monoisotopic (exact) mass is 257 g/mol. The lowest BCUT2D eigenvalue weighted by Crippen LogP contribution is -2.48. The Morgan fingerprint density at radius 1 is 1.50 bits per heavy atom. The van der Waals surface area contributed by atoms with Crippen LogP contribution in [0.15, 0.2) is 0 Å². The van der Waals surface area contributed by atoms with Gasteiger partial charge in [-0.05, 0) is 26.4 Å². The van der Waals surface area contributed by atoms with Gasteiger partial charge in [-0.3, -0.25) is 4.79 Å². The number of urea groups is 1. The molecule has 2 amide bonds. The third-order valence-electron chi connectivity index (χ3n) is 3.37. The van der Waals surface area contributed by atoms with Gasteiger partial charge in [0.1, 0.15) is 0 Å². The van der Waals surface area contributed by atoms with Crippen LogP contribution in [0.3, 0.4) is 0 Å². The minimum Gasteiger partial charge on any atom is -0.481 e. The number of likely N-dealkylation sites (tertiary alicyclic amines) is 1. The van der Waals surface area contributed by atoms with Gasteiger partial charge in [0.2, 0.25) is 0 Å². The quantitative estimate of drug-likeness (QED) is 0.750. The van der Waals surface area contributed by atoms with Crippen molar-refractivity contribution >= 4 is 12.0 Å². The van der Waals surface area contributed by atoms with Crippen LogP contribution < -0.4 is 5.32 Å². The van der Waals surface area contributed by atoms with E-state index in [0.717, 1.165) is 19.5 Å². The van der Waals surface area contributed by atoms with Gasteiger partial charge in [-0.2, -0.15) is 0 Å². The van der Waals surface area contributed by atoms with Gasteiger partial charge in [-0.1, -0.05) is 6.92 Å². The first-order valence-corrected chi connectivity index (χ1v) is 6.48. The SMILES string of the molecule is CCN(C)CCNC(=O)N1CCC[C@H](C(=O)O)C1. The van der Waals surface area contributed by atoms with Crippen LogP contribution in [0.5, 0.6) is 0 Å². The average molecular weight is 257 g/mol. The van der Waals surface area contributed by atoms with Crippen molar-refractivity contribution in [1.29, 1.82) is 0 Å². The van der Waals surface area contributed by atoms with Crippen molar-refractivity contribution in [2.75, 3.05) is 39.8 Å². The summed E-state index contributed by atoms with van der Waals surface area (Å²) in [4.78, 5) is 26.5. The van der Waals surface area contributed by atoms with E-state index in [1.165, 1.54) is 0 Å². The minimum atomic E-state index is -0.807. The second-order valence-electron chi connectivity index (χ2n) is 4.75. The molecule has 0 aliphatic carbocycles. The van der Waals surface area contributed by atoms with Gasteiger partial charge >= 0.3 is 12.0 Å². The van der Waals surface area contributed by atoms with E-state index in [1.54, 1.807) is 4.90 Å². The Morgan fingerprint density at radius 3 is 2.83 bits per heavy atom. The molecule has 0 unspecified atom stereocenters. The first-order chi connectivity index (χ1) is 8.54. The lowest BCUT2D eigenvalue weighted by Gasteiger charge is -2.30. The largest absolute Gasteiger partial charge is 0.481 e. The predicted octanol–water partition coefficient (Wildman–Crippen LogP) is 0.444. The van der Waals surface area contributed by atoms with E-state index in [4.69, 9.17) is 5.11 Å². The van der Waals surface area contributed by atoms with Gasteiger partial charge in [0, 0.05) is 26.2 Å². The maximum atomic E-state index is 11.8. The highest BCUT2D eigenvalue weighted by Gasteiger charge is 2.27. The van der Waals surface area contributed by atoms with Crippen molar-refractivity contribution in [3.63, 3.8) is 0 Å². The van der Waals surface area contributed by atoms with E-state index in [0.29, 0.717) is 26.1 Å². The molecular weight excluding hydrogens is 234 g/mol. The Bertz CT molecular complexity index is 296. The molecule has 1 rings (SSSR count). The Morgan fingerprint density at radius 2 is 2.22 bits per heavy atom. The van der Waals surface area contributed by atoms with Crippen molar-refractivity contribution in [3.8, 4) is 0 Å². The Balaban J connectivity index is 2.30. The van der Waals surface area contributed by atoms with Crippen LogP contribution >= 0.6 is 0 Å². The van der Waals surface area contributed by atoms with Gasteiger partial charge < -0.3 is 20.2 Å². The van der Waals surface area contributed by atoms with Gasteiger partial charge in [0.25, 0.3) is 0 Å². The number of carbonyl (C=O) groups is 2. The second-order valence-corrected chi connectivity index (χ2v) is 4.75. The number of hydrogen-bond donors (Lipinski definition) is 2. The lowest BCUT2D eigenvalue weighted by atomic mass is 9.99. The number of nitrogens with zero attached hydrogens (tertiary/aromatic N) is 2. The molecule has 6 nitrogen and oxygen atoms in total. The van der Waals surface area contributed by atoms with Crippen molar-refractivity contribution in [2.24, 2.45) is 5.92 Å². The van der Waals surface area contributed by atoms with E-state index < -0.39 is 11.9 Å². The van der Waals surface area contributed by atoms with Crippen LogP contribution in [0.4, 0.5) is 4.79 Å². The topological polar surface area (TPSA) is 72.9 Å². The van der Waals surface area contributed by atoms with E-state index in [1.807, 2.05) is 7.05 Å². The standard InChI is InChI=1S/C12H23N3O3/c1-3-14(2)8-6-13-12(18)15-7-4-5-10(9-15)11(16)17/h10H,3-9H2,1-2H3,(H,13,18)(H,16,17)/t10-/m0/s1. The lowest BCUT2D eigenvalue weighted by molar-refractivity contribution is -0.143. The van der Waals surface area contributed by atoms with E-state index in [-0.39, 0.29) is 6.03 Å². The molecule has 1 atom stereocenters. The van der Waals surface area contributed by atoms with Gasteiger partial charge in [0.15, 0.2) is 0 Å². The van der Waals surface area contributed by atoms with Crippen molar-refractivity contribution in [3.05, 3.63) is 0 Å². The third-order valence-corrected chi connectivity index (χ3v) is 3.37. The number of nitrogens with one attached hydrogen (secondary N) is 1. The molecule has 0 radical (unpaired) electrons. The number of likely N-dealkylation sites (N-methyl/N-ethyl adjacent to an activating group) is 1. The smallest absolute Gasteiger partial charge is 0.317 e. The van der Waals surface area contributed by atoms with Crippen molar-refractivity contribution in [2.45, 2.75) is 19.8 Å². The molecule has 1 aliphatic heterocycles. The molecule has 104 valence electrons. The summed E-state index contributed by atoms with van der Waals surface area (Å²) in [7, 11) is 1.99. The highest BCUT2D eigenvalue weighted by atomic mass is 16.4. The molecule has 2 N–H and O–H groups in total. The Labute approximate surface area is 108 Å². The number of hydrogen-bond acceptors (Lipinski definition) is 3. The summed E-state index contributed by atoms with van der Waals surface area (Å²) in [6, 6.07) is -0.148.